The standard InChI is InChI=1S/C20H21N3O5S/c24-20-11-10-17(29(27,28)22-13-4-1-5-14-22)15-18(20)21-12-6-8-16-7-2-3-9-19(16)23(25)26/h2-3,6-12,15,24H,1,4-5,13-14H2. The van der Waals surface area contributed by atoms with Crippen LogP contribution in [0.4, 0.5) is 11.4 Å². The molecule has 1 aliphatic heterocycles. The zero-order valence-electron chi connectivity index (χ0n) is 15.6. The van der Waals surface area contributed by atoms with Gasteiger partial charge in [0.25, 0.3) is 5.69 Å². The lowest BCUT2D eigenvalue weighted by molar-refractivity contribution is -0.385. The summed E-state index contributed by atoms with van der Waals surface area (Å²) in [6.07, 6.45) is 7.05. The van der Waals surface area contributed by atoms with Crippen molar-refractivity contribution in [3.63, 3.8) is 0 Å². The van der Waals surface area contributed by atoms with Crippen LogP contribution in [-0.4, -0.2) is 42.1 Å². The first-order valence-electron chi connectivity index (χ1n) is 9.17. The smallest absolute Gasteiger partial charge is 0.276 e. The minimum atomic E-state index is -3.63. The average molecular weight is 415 g/mol. The SMILES string of the molecule is O=[N+]([O-])c1ccccc1C=CC=Nc1cc(S(=O)(=O)N2CCCCC2)ccc1O. The van der Waals surface area contributed by atoms with Gasteiger partial charge in [-0.05, 0) is 49.3 Å². The molecule has 0 unspecified atom stereocenters. The fourth-order valence-electron chi connectivity index (χ4n) is 3.09. The van der Waals surface area contributed by atoms with Gasteiger partial charge in [-0.3, -0.25) is 15.1 Å². The molecular formula is C20H21N3O5S. The zero-order chi connectivity index (χ0) is 20.9. The monoisotopic (exact) mass is 415 g/mol. The Labute approximate surface area is 169 Å². The fraction of sp³-hybridized carbons (Fsp3) is 0.250. The van der Waals surface area contributed by atoms with E-state index in [1.807, 2.05) is 0 Å². The van der Waals surface area contributed by atoms with Crippen molar-refractivity contribution in [3.05, 3.63) is 64.2 Å². The van der Waals surface area contributed by atoms with Crippen LogP contribution in [0.1, 0.15) is 24.8 Å². The van der Waals surface area contributed by atoms with Crippen molar-refractivity contribution < 1.29 is 18.4 Å². The minimum Gasteiger partial charge on any atom is -0.506 e. The highest BCUT2D eigenvalue weighted by atomic mass is 32.2. The molecule has 0 aliphatic carbocycles. The first-order chi connectivity index (χ1) is 13.9. The first kappa shape index (κ1) is 20.7. The molecule has 0 saturated carbocycles. The molecule has 9 heteroatoms. The highest BCUT2D eigenvalue weighted by Crippen LogP contribution is 2.31. The summed E-state index contributed by atoms with van der Waals surface area (Å²) in [5.41, 5.74) is 0.486. The van der Waals surface area contributed by atoms with E-state index in [1.54, 1.807) is 18.2 Å². The van der Waals surface area contributed by atoms with Crippen LogP contribution in [0.25, 0.3) is 6.08 Å². The predicted molar refractivity (Wildman–Crippen MR) is 111 cm³/mol. The lowest BCUT2D eigenvalue weighted by atomic mass is 10.1. The van der Waals surface area contributed by atoms with Crippen LogP contribution in [0, 0.1) is 10.1 Å². The zero-order valence-corrected chi connectivity index (χ0v) is 16.5. The molecular weight excluding hydrogens is 394 g/mol. The van der Waals surface area contributed by atoms with Crippen LogP contribution in [-0.2, 0) is 10.0 Å². The second kappa shape index (κ2) is 8.97. The van der Waals surface area contributed by atoms with Gasteiger partial charge in [0.2, 0.25) is 10.0 Å². The van der Waals surface area contributed by atoms with Crippen LogP contribution < -0.4 is 0 Å². The molecule has 1 saturated heterocycles. The summed E-state index contributed by atoms with van der Waals surface area (Å²) in [5.74, 6) is -0.155. The number of aromatic hydroxyl groups is 1. The highest BCUT2D eigenvalue weighted by molar-refractivity contribution is 7.89. The topological polar surface area (TPSA) is 113 Å². The van der Waals surface area contributed by atoms with Gasteiger partial charge in [-0.1, -0.05) is 18.6 Å². The molecule has 0 atom stereocenters. The van der Waals surface area contributed by atoms with Crippen LogP contribution in [0.3, 0.4) is 0 Å². The number of para-hydroxylation sites is 1. The number of nitrogens with zero attached hydrogens (tertiary/aromatic N) is 3. The van der Waals surface area contributed by atoms with Gasteiger partial charge in [0, 0.05) is 25.4 Å². The Morgan fingerprint density at radius 1 is 1.10 bits per heavy atom. The number of hydrogen-bond donors (Lipinski definition) is 1. The number of allylic oxidation sites excluding steroid dienone is 1. The third kappa shape index (κ3) is 4.87. The van der Waals surface area contributed by atoms with Crippen molar-refractivity contribution in [1.82, 2.24) is 4.31 Å². The minimum absolute atomic E-state index is 0.0328. The predicted octanol–water partition coefficient (Wildman–Crippen LogP) is 3.89. The second-order valence-electron chi connectivity index (χ2n) is 6.57. The fourth-order valence-corrected chi connectivity index (χ4v) is 4.62. The summed E-state index contributed by atoms with van der Waals surface area (Å²) in [5, 5.41) is 21.0. The van der Waals surface area contributed by atoms with Gasteiger partial charge in [-0.15, -0.1) is 0 Å². The highest BCUT2D eigenvalue weighted by Gasteiger charge is 2.26. The molecule has 1 heterocycles. The molecule has 8 nitrogen and oxygen atoms in total. The van der Waals surface area contributed by atoms with Crippen molar-refractivity contribution in [2.75, 3.05) is 13.1 Å². The van der Waals surface area contributed by atoms with Gasteiger partial charge in [0.05, 0.1) is 15.4 Å². The molecule has 0 bridgehead atoms. The summed E-state index contributed by atoms with van der Waals surface area (Å²) < 4.78 is 27.0. The molecule has 0 radical (unpaired) electrons. The van der Waals surface area contributed by atoms with Gasteiger partial charge in [-0.2, -0.15) is 4.31 Å². The largest absolute Gasteiger partial charge is 0.506 e. The summed E-state index contributed by atoms with van der Waals surface area (Å²) >= 11 is 0. The lowest BCUT2D eigenvalue weighted by Gasteiger charge is -2.25. The number of nitro groups is 1. The Bertz CT molecular complexity index is 1060. The third-order valence-electron chi connectivity index (χ3n) is 4.61. The Balaban J connectivity index is 1.81. The summed E-state index contributed by atoms with van der Waals surface area (Å²) in [6, 6.07) is 10.3. The van der Waals surface area contributed by atoms with Crippen molar-refractivity contribution in [1.29, 1.82) is 0 Å². The molecule has 2 aromatic carbocycles. The molecule has 29 heavy (non-hydrogen) atoms. The number of benzene rings is 2. The normalized spacial score (nSPS) is 15.9. The molecule has 0 amide bonds. The Kier molecular flexibility index (Phi) is 6.40. The van der Waals surface area contributed by atoms with E-state index >= 15 is 0 Å². The van der Waals surface area contributed by atoms with E-state index < -0.39 is 14.9 Å². The second-order valence-corrected chi connectivity index (χ2v) is 8.51. The molecule has 1 N–H and O–H groups in total. The van der Waals surface area contributed by atoms with Crippen LogP contribution in [0.2, 0.25) is 0 Å². The third-order valence-corrected chi connectivity index (χ3v) is 6.50. The van der Waals surface area contributed by atoms with Crippen LogP contribution in [0.5, 0.6) is 5.75 Å². The maximum absolute atomic E-state index is 12.8. The molecule has 2 aromatic rings. The maximum atomic E-state index is 12.8. The number of rotatable bonds is 6. The number of hydrogen-bond acceptors (Lipinski definition) is 6. The quantitative estimate of drug-likeness (QED) is 0.437. The maximum Gasteiger partial charge on any atom is 0.276 e. The molecule has 152 valence electrons. The molecule has 1 aliphatic rings. The Morgan fingerprint density at radius 2 is 1.83 bits per heavy atom. The van der Waals surface area contributed by atoms with E-state index in [2.05, 4.69) is 4.99 Å². The summed E-state index contributed by atoms with van der Waals surface area (Å²) in [4.78, 5) is 14.7. The van der Waals surface area contributed by atoms with Crippen LogP contribution in [0.15, 0.2) is 58.4 Å². The number of piperidine rings is 1. The van der Waals surface area contributed by atoms with E-state index in [0.29, 0.717) is 18.7 Å². The Hall–Kier alpha value is -3.04. The number of phenolic OH excluding ortho intramolecular Hbond substituents is 1. The average Bonchev–Trinajstić information content (AvgIpc) is 2.73. The van der Waals surface area contributed by atoms with Gasteiger partial charge >= 0.3 is 0 Å². The summed E-state index contributed by atoms with van der Waals surface area (Å²) in [7, 11) is -3.63. The van der Waals surface area contributed by atoms with E-state index in [1.165, 1.54) is 46.9 Å². The molecule has 0 spiro atoms. The number of aliphatic imine (C=N–C) groups is 1. The number of sulfonamides is 1. The molecule has 3 rings (SSSR count). The Morgan fingerprint density at radius 3 is 2.55 bits per heavy atom. The van der Waals surface area contributed by atoms with Crippen molar-refractivity contribution >= 4 is 33.7 Å². The molecule has 1 fully saturated rings. The van der Waals surface area contributed by atoms with Gasteiger partial charge in [0.15, 0.2) is 0 Å². The van der Waals surface area contributed by atoms with E-state index in [9.17, 15) is 23.6 Å². The van der Waals surface area contributed by atoms with Gasteiger partial charge in [0.1, 0.15) is 11.4 Å². The molecule has 0 aromatic heterocycles. The van der Waals surface area contributed by atoms with Crippen LogP contribution >= 0.6 is 0 Å². The van der Waals surface area contributed by atoms with Crippen molar-refractivity contribution in [2.45, 2.75) is 24.2 Å². The van der Waals surface area contributed by atoms with Crippen molar-refractivity contribution in [3.8, 4) is 5.75 Å². The summed E-state index contributed by atoms with van der Waals surface area (Å²) in [6.45, 7) is 0.973. The number of phenols is 1. The van der Waals surface area contributed by atoms with Crippen molar-refractivity contribution in [2.24, 2.45) is 4.99 Å². The number of nitro benzene ring substituents is 1. The van der Waals surface area contributed by atoms with E-state index in [-0.39, 0.29) is 22.0 Å². The lowest BCUT2D eigenvalue weighted by Crippen LogP contribution is -2.35. The van der Waals surface area contributed by atoms with Gasteiger partial charge in [-0.25, -0.2) is 8.42 Å². The van der Waals surface area contributed by atoms with E-state index in [4.69, 9.17) is 0 Å². The van der Waals surface area contributed by atoms with Gasteiger partial charge < -0.3 is 5.11 Å². The van der Waals surface area contributed by atoms with E-state index in [0.717, 1.165) is 19.3 Å². The first-order valence-corrected chi connectivity index (χ1v) is 10.6.